The lowest BCUT2D eigenvalue weighted by Crippen LogP contribution is -2.38. The topological polar surface area (TPSA) is 47.3 Å². The van der Waals surface area contributed by atoms with E-state index in [1.807, 2.05) is 24.3 Å². The first-order valence-electron chi connectivity index (χ1n) is 5.49. The summed E-state index contributed by atoms with van der Waals surface area (Å²) in [7, 11) is 0. The number of aliphatic hydroxyl groups is 1. The van der Waals surface area contributed by atoms with Crippen LogP contribution >= 0.6 is 0 Å². The van der Waals surface area contributed by atoms with E-state index in [4.69, 9.17) is 5.26 Å². The molecule has 0 spiro atoms. The third kappa shape index (κ3) is 1.89. The van der Waals surface area contributed by atoms with E-state index in [9.17, 15) is 5.11 Å². The molecule has 16 heavy (non-hydrogen) atoms. The molecule has 3 heteroatoms. The highest BCUT2D eigenvalue weighted by Gasteiger charge is 2.37. The van der Waals surface area contributed by atoms with Gasteiger partial charge in [0.2, 0.25) is 0 Å². The molecule has 0 aliphatic carbocycles. The van der Waals surface area contributed by atoms with Gasteiger partial charge in [-0.2, -0.15) is 5.26 Å². The summed E-state index contributed by atoms with van der Waals surface area (Å²) >= 11 is 0. The summed E-state index contributed by atoms with van der Waals surface area (Å²) in [6.45, 7) is 4.92. The van der Waals surface area contributed by atoms with Crippen LogP contribution in [0.5, 0.6) is 0 Å². The lowest BCUT2D eigenvalue weighted by molar-refractivity contribution is 0.188. The van der Waals surface area contributed by atoms with Gasteiger partial charge in [-0.15, -0.1) is 0 Å². The second kappa shape index (κ2) is 3.80. The van der Waals surface area contributed by atoms with Crippen LogP contribution in [0, 0.1) is 11.3 Å². The summed E-state index contributed by atoms with van der Waals surface area (Å²) in [4.78, 5) is 2.19. The molecule has 1 aromatic rings. The minimum absolute atomic E-state index is 0.0203. The molecule has 3 nitrogen and oxygen atoms in total. The number of rotatable bonds is 1. The van der Waals surface area contributed by atoms with Gasteiger partial charge >= 0.3 is 0 Å². The highest BCUT2D eigenvalue weighted by molar-refractivity contribution is 5.52. The summed E-state index contributed by atoms with van der Waals surface area (Å²) < 4.78 is 0. The van der Waals surface area contributed by atoms with Gasteiger partial charge in [-0.25, -0.2) is 0 Å². The van der Waals surface area contributed by atoms with Gasteiger partial charge in [-0.3, -0.25) is 0 Å². The van der Waals surface area contributed by atoms with Gasteiger partial charge in [-0.05, 0) is 44.5 Å². The maximum absolute atomic E-state index is 9.70. The number of benzene rings is 1. The van der Waals surface area contributed by atoms with Crippen molar-refractivity contribution < 1.29 is 5.11 Å². The normalized spacial score (nSPS) is 23.1. The minimum Gasteiger partial charge on any atom is -0.391 e. The van der Waals surface area contributed by atoms with Gasteiger partial charge in [-0.1, -0.05) is 0 Å². The zero-order valence-electron chi connectivity index (χ0n) is 9.64. The van der Waals surface area contributed by atoms with Crippen molar-refractivity contribution in [1.29, 1.82) is 5.26 Å². The Morgan fingerprint density at radius 2 is 2.00 bits per heavy atom. The van der Waals surface area contributed by atoms with Gasteiger partial charge < -0.3 is 10.0 Å². The number of aliphatic hydroxyl groups excluding tert-OH is 1. The van der Waals surface area contributed by atoms with Crippen LogP contribution in [0.3, 0.4) is 0 Å². The number of β-amino-alcohol motifs (C(OH)–C–C–N with tert-alkyl or cyclic N) is 1. The zero-order valence-corrected chi connectivity index (χ0v) is 9.64. The van der Waals surface area contributed by atoms with Crippen molar-refractivity contribution in [1.82, 2.24) is 0 Å². The highest BCUT2D eigenvalue weighted by Crippen LogP contribution is 2.33. The first kappa shape index (κ1) is 11.0. The first-order chi connectivity index (χ1) is 7.53. The molecule has 0 amide bonds. The smallest absolute Gasteiger partial charge is 0.0991 e. The van der Waals surface area contributed by atoms with E-state index in [0.29, 0.717) is 12.1 Å². The molecule has 0 saturated carbocycles. The second-order valence-corrected chi connectivity index (χ2v) is 4.94. The Balaban J connectivity index is 2.27. The van der Waals surface area contributed by atoms with E-state index in [-0.39, 0.29) is 11.6 Å². The van der Waals surface area contributed by atoms with Crippen molar-refractivity contribution in [2.75, 3.05) is 11.4 Å². The van der Waals surface area contributed by atoms with E-state index in [1.165, 1.54) is 0 Å². The van der Waals surface area contributed by atoms with Gasteiger partial charge in [0.1, 0.15) is 0 Å². The largest absolute Gasteiger partial charge is 0.391 e. The van der Waals surface area contributed by atoms with Crippen LogP contribution in [0.4, 0.5) is 5.69 Å². The molecule has 1 heterocycles. The third-order valence-electron chi connectivity index (χ3n) is 3.17. The van der Waals surface area contributed by atoms with Crippen LogP contribution in [0.1, 0.15) is 25.8 Å². The molecule has 1 saturated heterocycles. The third-order valence-corrected chi connectivity index (χ3v) is 3.17. The zero-order chi connectivity index (χ0) is 11.8. The molecule has 0 radical (unpaired) electrons. The fraction of sp³-hybridized carbons (Fsp3) is 0.462. The summed E-state index contributed by atoms with van der Waals surface area (Å²) in [5, 5.41) is 18.4. The van der Waals surface area contributed by atoms with Crippen LogP contribution in [0.2, 0.25) is 0 Å². The predicted molar refractivity (Wildman–Crippen MR) is 63.2 cm³/mol. The summed E-state index contributed by atoms with van der Waals surface area (Å²) in [6.07, 6.45) is 0.526. The number of anilines is 1. The van der Waals surface area contributed by atoms with Crippen molar-refractivity contribution in [2.24, 2.45) is 0 Å². The summed E-state index contributed by atoms with van der Waals surface area (Å²) in [5.74, 6) is 0. The Morgan fingerprint density at radius 3 is 2.44 bits per heavy atom. The van der Waals surface area contributed by atoms with Gasteiger partial charge in [0, 0.05) is 17.8 Å². The molecule has 84 valence electrons. The van der Waals surface area contributed by atoms with Crippen molar-refractivity contribution in [3.05, 3.63) is 29.8 Å². The number of nitriles is 1. The lowest BCUT2D eigenvalue weighted by atomic mass is 10.0. The quantitative estimate of drug-likeness (QED) is 0.780. The SMILES string of the molecule is CC1(C)CC(O)CN1c1ccc(C#N)cc1. The van der Waals surface area contributed by atoms with E-state index < -0.39 is 0 Å². The van der Waals surface area contributed by atoms with Crippen LogP contribution in [-0.2, 0) is 0 Å². The Morgan fingerprint density at radius 1 is 1.38 bits per heavy atom. The molecule has 1 atom stereocenters. The van der Waals surface area contributed by atoms with Crippen LogP contribution in [0.25, 0.3) is 0 Å². The number of hydrogen-bond acceptors (Lipinski definition) is 3. The van der Waals surface area contributed by atoms with Crippen molar-refractivity contribution in [3.8, 4) is 6.07 Å². The molecule has 1 aromatic carbocycles. The molecule has 1 aliphatic rings. The van der Waals surface area contributed by atoms with E-state index in [1.54, 1.807) is 0 Å². The fourth-order valence-electron chi connectivity index (χ4n) is 2.38. The van der Waals surface area contributed by atoms with E-state index in [2.05, 4.69) is 24.8 Å². The Hall–Kier alpha value is -1.53. The lowest BCUT2D eigenvalue weighted by Gasteiger charge is -2.33. The average molecular weight is 216 g/mol. The number of hydrogen-bond donors (Lipinski definition) is 1. The van der Waals surface area contributed by atoms with Crippen molar-refractivity contribution in [3.63, 3.8) is 0 Å². The van der Waals surface area contributed by atoms with Gasteiger partial charge in [0.25, 0.3) is 0 Å². The Labute approximate surface area is 95.9 Å². The van der Waals surface area contributed by atoms with E-state index in [0.717, 1.165) is 12.1 Å². The molecule has 1 N–H and O–H groups in total. The molecular weight excluding hydrogens is 200 g/mol. The molecule has 0 aromatic heterocycles. The van der Waals surface area contributed by atoms with Gasteiger partial charge in [0.05, 0.1) is 17.7 Å². The molecule has 1 aliphatic heterocycles. The molecule has 1 unspecified atom stereocenters. The Kier molecular flexibility index (Phi) is 2.61. The van der Waals surface area contributed by atoms with Crippen LogP contribution < -0.4 is 4.90 Å². The van der Waals surface area contributed by atoms with E-state index >= 15 is 0 Å². The predicted octanol–water partition coefficient (Wildman–Crippen LogP) is 1.91. The molecule has 1 fully saturated rings. The summed E-state index contributed by atoms with van der Waals surface area (Å²) in [5.41, 5.74) is 1.72. The van der Waals surface area contributed by atoms with Crippen molar-refractivity contribution >= 4 is 5.69 Å². The van der Waals surface area contributed by atoms with Crippen molar-refractivity contribution in [2.45, 2.75) is 31.9 Å². The van der Waals surface area contributed by atoms with Gasteiger partial charge in [0.15, 0.2) is 0 Å². The monoisotopic (exact) mass is 216 g/mol. The first-order valence-corrected chi connectivity index (χ1v) is 5.49. The average Bonchev–Trinajstić information content (AvgIpc) is 2.52. The fourth-order valence-corrected chi connectivity index (χ4v) is 2.38. The van der Waals surface area contributed by atoms with Crippen LogP contribution in [-0.4, -0.2) is 23.3 Å². The standard InChI is InChI=1S/C13H16N2O/c1-13(2)7-12(16)9-15(13)11-5-3-10(8-14)4-6-11/h3-6,12,16H,7,9H2,1-2H3. The molecule has 2 rings (SSSR count). The van der Waals surface area contributed by atoms with Crippen LogP contribution in [0.15, 0.2) is 24.3 Å². The summed E-state index contributed by atoms with van der Waals surface area (Å²) in [6, 6.07) is 9.62. The Bertz CT molecular complexity index is 417. The maximum Gasteiger partial charge on any atom is 0.0991 e. The molecular formula is C13H16N2O. The second-order valence-electron chi connectivity index (χ2n) is 4.94. The minimum atomic E-state index is -0.259. The highest BCUT2D eigenvalue weighted by atomic mass is 16.3. The number of nitrogens with zero attached hydrogens (tertiary/aromatic N) is 2. The molecule has 0 bridgehead atoms. The maximum atomic E-state index is 9.70.